The van der Waals surface area contributed by atoms with Crippen LogP contribution in [0, 0.1) is 5.92 Å². The number of amides is 2. The monoisotopic (exact) mass is 354 g/mol. The van der Waals surface area contributed by atoms with Crippen molar-refractivity contribution in [3.63, 3.8) is 0 Å². The van der Waals surface area contributed by atoms with Crippen LogP contribution < -0.4 is 16.4 Å². The van der Waals surface area contributed by atoms with E-state index in [1.54, 1.807) is 5.38 Å². The van der Waals surface area contributed by atoms with Gasteiger partial charge in [0.1, 0.15) is 5.69 Å². The minimum Gasteiger partial charge on any atom is -0.348 e. The summed E-state index contributed by atoms with van der Waals surface area (Å²) in [7, 11) is 0. The molecule has 0 bridgehead atoms. The summed E-state index contributed by atoms with van der Waals surface area (Å²) in [6.45, 7) is 2.00. The highest BCUT2D eigenvalue weighted by Crippen LogP contribution is 2.25. The van der Waals surface area contributed by atoms with Crippen molar-refractivity contribution in [2.24, 2.45) is 11.7 Å². The summed E-state index contributed by atoms with van der Waals surface area (Å²) in [5.74, 6) is -0.0316. The second-order valence-corrected chi connectivity index (χ2v) is 5.58. The minimum absolute atomic E-state index is 0. The van der Waals surface area contributed by atoms with Crippen molar-refractivity contribution in [1.29, 1.82) is 0 Å². The molecule has 1 aromatic rings. The Bertz CT molecular complexity index is 484. The Morgan fingerprint density at radius 1 is 1.43 bits per heavy atom. The fraction of sp³-hybridized carbons (Fsp3) is 0.583. The van der Waals surface area contributed by atoms with E-state index in [1.165, 1.54) is 18.3 Å². The summed E-state index contributed by atoms with van der Waals surface area (Å²) in [5, 5.41) is 7.63. The van der Waals surface area contributed by atoms with Crippen molar-refractivity contribution >= 4 is 53.1 Å². The molecule has 1 saturated carbocycles. The molecule has 0 radical (unpaired) electrons. The van der Waals surface area contributed by atoms with Gasteiger partial charge in [0.25, 0.3) is 5.91 Å². The van der Waals surface area contributed by atoms with Gasteiger partial charge in [-0.3, -0.25) is 9.59 Å². The molecule has 1 aliphatic carbocycles. The van der Waals surface area contributed by atoms with Crippen molar-refractivity contribution < 1.29 is 9.59 Å². The number of anilines is 1. The first-order chi connectivity index (χ1) is 9.10. The molecular formula is C12H20Cl2N4O2S. The van der Waals surface area contributed by atoms with Crippen LogP contribution in [-0.2, 0) is 4.79 Å². The Labute approximate surface area is 140 Å². The van der Waals surface area contributed by atoms with Gasteiger partial charge in [0, 0.05) is 18.3 Å². The fourth-order valence-corrected chi connectivity index (χ4v) is 3.07. The Morgan fingerprint density at radius 2 is 2.14 bits per heavy atom. The van der Waals surface area contributed by atoms with Crippen LogP contribution in [-0.4, -0.2) is 29.4 Å². The van der Waals surface area contributed by atoms with Crippen LogP contribution in [0.25, 0.3) is 0 Å². The van der Waals surface area contributed by atoms with E-state index in [4.69, 9.17) is 5.73 Å². The summed E-state index contributed by atoms with van der Waals surface area (Å²) in [6, 6.07) is 0.142. The highest BCUT2D eigenvalue weighted by atomic mass is 35.5. The SMILES string of the molecule is CC(=O)Nc1nc(C(=O)NC2CCCC2CN)cs1.Cl.Cl. The summed E-state index contributed by atoms with van der Waals surface area (Å²) in [5.41, 5.74) is 6.03. The van der Waals surface area contributed by atoms with Gasteiger partial charge in [-0.2, -0.15) is 0 Å². The molecule has 4 N–H and O–H groups in total. The van der Waals surface area contributed by atoms with Crippen LogP contribution in [0.5, 0.6) is 0 Å². The molecule has 0 spiro atoms. The largest absolute Gasteiger partial charge is 0.348 e. The number of nitrogens with one attached hydrogen (secondary N) is 2. The zero-order valence-electron chi connectivity index (χ0n) is 11.6. The van der Waals surface area contributed by atoms with E-state index in [9.17, 15) is 9.59 Å². The number of rotatable bonds is 4. The summed E-state index contributed by atoms with van der Waals surface area (Å²) in [4.78, 5) is 27.0. The van der Waals surface area contributed by atoms with Gasteiger partial charge in [0.15, 0.2) is 5.13 Å². The van der Waals surface area contributed by atoms with Gasteiger partial charge in [0.05, 0.1) is 0 Å². The van der Waals surface area contributed by atoms with Crippen molar-refractivity contribution in [3.05, 3.63) is 11.1 Å². The normalized spacial score (nSPS) is 20.1. The van der Waals surface area contributed by atoms with E-state index in [-0.39, 0.29) is 42.7 Å². The maximum atomic E-state index is 12.0. The average molecular weight is 355 g/mol. The maximum absolute atomic E-state index is 12.0. The standard InChI is InChI=1S/C12H18N4O2S.2ClH/c1-7(17)14-12-16-10(6-19-12)11(18)15-9-4-2-3-8(9)5-13;;/h6,8-9H,2-5,13H2,1H3,(H,15,18)(H,14,16,17);2*1H. The van der Waals surface area contributed by atoms with Crippen LogP contribution in [0.4, 0.5) is 5.13 Å². The van der Waals surface area contributed by atoms with Gasteiger partial charge < -0.3 is 16.4 Å². The van der Waals surface area contributed by atoms with Gasteiger partial charge >= 0.3 is 0 Å². The van der Waals surface area contributed by atoms with Gasteiger partial charge in [-0.25, -0.2) is 4.98 Å². The molecule has 2 amide bonds. The zero-order valence-corrected chi connectivity index (χ0v) is 14.1. The second kappa shape index (κ2) is 9.19. The quantitative estimate of drug-likeness (QED) is 0.767. The lowest BCUT2D eigenvalue weighted by molar-refractivity contribution is -0.114. The molecule has 2 atom stereocenters. The third-order valence-corrected chi connectivity index (χ3v) is 4.06. The van der Waals surface area contributed by atoms with Crippen LogP contribution in [0.15, 0.2) is 5.38 Å². The number of carbonyl (C=O) groups excluding carboxylic acids is 2. The van der Waals surface area contributed by atoms with Crippen LogP contribution in [0.3, 0.4) is 0 Å². The molecule has 9 heteroatoms. The number of hydrogen-bond acceptors (Lipinski definition) is 5. The minimum atomic E-state index is -0.196. The summed E-state index contributed by atoms with van der Waals surface area (Å²) in [6.07, 6.45) is 3.13. The molecule has 21 heavy (non-hydrogen) atoms. The summed E-state index contributed by atoms with van der Waals surface area (Å²) < 4.78 is 0. The predicted molar refractivity (Wildman–Crippen MR) is 88.6 cm³/mol. The fourth-order valence-electron chi connectivity index (χ4n) is 2.34. The molecular weight excluding hydrogens is 335 g/mol. The van der Waals surface area contributed by atoms with Gasteiger partial charge in [0.2, 0.25) is 5.91 Å². The lowest BCUT2D eigenvalue weighted by Gasteiger charge is -2.18. The third kappa shape index (κ3) is 5.43. The third-order valence-electron chi connectivity index (χ3n) is 3.30. The Kier molecular flexibility index (Phi) is 8.80. The molecule has 0 aromatic carbocycles. The molecule has 0 aliphatic heterocycles. The molecule has 1 fully saturated rings. The van der Waals surface area contributed by atoms with E-state index in [2.05, 4.69) is 15.6 Å². The molecule has 120 valence electrons. The van der Waals surface area contributed by atoms with Gasteiger partial charge in [-0.15, -0.1) is 36.2 Å². The predicted octanol–water partition coefficient (Wildman–Crippen LogP) is 1.80. The molecule has 1 heterocycles. The lowest BCUT2D eigenvalue weighted by Crippen LogP contribution is -2.40. The van der Waals surface area contributed by atoms with Gasteiger partial charge in [-0.1, -0.05) is 6.42 Å². The van der Waals surface area contributed by atoms with E-state index in [0.717, 1.165) is 19.3 Å². The second-order valence-electron chi connectivity index (χ2n) is 4.73. The number of thiazole rings is 1. The van der Waals surface area contributed by atoms with Crippen molar-refractivity contribution in [2.45, 2.75) is 32.2 Å². The number of halogens is 2. The van der Waals surface area contributed by atoms with E-state index in [1.807, 2.05) is 0 Å². The molecule has 6 nitrogen and oxygen atoms in total. The highest BCUT2D eigenvalue weighted by Gasteiger charge is 2.28. The first-order valence-corrected chi connectivity index (χ1v) is 7.22. The molecule has 1 aromatic heterocycles. The van der Waals surface area contributed by atoms with Crippen molar-refractivity contribution in [3.8, 4) is 0 Å². The van der Waals surface area contributed by atoms with Gasteiger partial charge in [-0.05, 0) is 25.3 Å². The number of nitrogens with zero attached hydrogens (tertiary/aromatic N) is 1. The molecule has 0 saturated heterocycles. The first-order valence-electron chi connectivity index (χ1n) is 6.34. The van der Waals surface area contributed by atoms with E-state index < -0.39 is 0 Å². The number of carbonyl (C=O) groups is 2. The zero-order chi connectivity index (χ0) is 13.8. The lowest BCUT2D eigenvalue weighted by atomic mass is 10.0. The molecule has 1 aliphatic rings. The van der Waals surface area contributed by atoms with Crippen molar-refractivity contribution in [1.82, 2.24) is 10.3 Å². The van der Waals surface area contributed by atoms with Crippen LogP contribution in [0.1, 0.15) is 36.7 Å². The topological polar surface area (TPSA) is 97.1 Å². The van der Waals surface area contributed by atoms with E-state index in [0.29, 0.717) is 23.3 Å². The number of aromatic nitrogens is 1. The number of nitrogens with two attached hydrogens (primary N) is 1. The smallest absolute Gasteiger partial charge is 0.271 e. The Morgan fingerprint density at radius 3 is 2.76 bits per heavy atom. The van der Waals surface area contributed by atoms with Crippen LogP contribution >= 0.6 is 36.2 Å². The van der Waals surface area contributed by atoms with Crippen LogP contribution in [0.2, 0.25) is 0 Å². The van der Waals surface area contributed by atoms with Crippen molar-refractivity contribution in [2.75, 3.05) is 11.9 Å². The van der Waals surface area contributed by atoms with E-state index >= 15 is 0 Å². The summed E-state index contributed by atoms with van der Waals surface area (Å²) >= 11 is 1.24. The molecule has 2 rings (SSSR count). The average Bonchev–Trinajstić information content (AvgIpc) is 2.97. The Hall–Kier alpha value is -0.890. The first kappa shape index (κ1) is 20.1. The Balaban J connectivity index is 0.00000200. The highest BCUT2D eigenvalue weighted by molar-refractivity contribution is 7.14. The number of hydrogen-bond donors (Lipinski definition) is 3. The molecule has 2 unspecified atom stereocenters. The maximum Gasteiger partial charge on any atom is 0.271 e.